The van der Waals surface area contributed by atoms with E-state index in [0.717, 1.165) is 0 Å². The summed E-state index contributed by atoms with van der Waals surface area (Å²) >= 11 is 0. The molecule has 1 aromatic carbocycles. The van der Waals surface area contributed by atoms with Gasteiger partial charge in [-0.05, 0) is 62.8 Å². The molecular formula is C23H33N4O8P. The Bertz CT molecular complexity index is 1040. The molecule has 0 spiro atoms. The van der Waals surface area contributed by atoms with Crippen LogP contribution in [0.1, 0.15) is 51.5 Å². The third-order valence-electron chi connectivity index (χ3n) is 5.54. The summed E-state index contributed by atoms with van der Waals surface area (Å²) in [4.78, 5) is 68.0. The molecule has 1 aliphatic rings. The maximum atomic E-state index is 13.0. The van der Waals surface area contributed by atoms with Crippen LogP contribution in [0.5, 0.6) is 5.75 Å². The molecule has 0 radical (unpaired) electrons. The van der Waals surface area contributed by atoms with E-state index >= 15 is 0 Å². The van der Waals surface area contributed by atoms with Crippen molar-refractivity contribution >= 4 is 37.0 Å². The number of allylic oxidation sites excluding steroid dienone is 1. The first-order chi connectivity index (χ1) is 16.8. The van der Waals surface area contributed by atoms with Gasteiger partial charge < -0.3 is 25.8 Å². The zero-order chi connectivity index (χ0) is 26.9. The molecule has 2 rings (SSSR count). The Morgan fingerprint density at radius 2 is 1.92 bits per heavy atom. The zero-order valence-electron chi connectivity index (χ0n) is 20.3. The number of nitrogens with one attached hydrogen (secondary N) is 2. The number of hydrogen-bond acceptors (Lipinski definition) is 6. The smallest absolute Gasteiger partial charge is 0.404 e. The van der Waals surface area contributed by atoms with Crippen molar-refractivity contribution in [3.8, 4) is 5.75 Å². The summed E-state index contributed by atoms with van der Waals surface area (Å²) in [5.74, 6) is -1.64. The Hall–Kier alpha value is -3.21. The first-order valence-corrected chi connectivity index (χ1v) is 13.1. The number of nitrogens with two attached hydrogens (primary N) is 1. The molecule has 0 saturated carbocycles. The standard InChI is InChI=1S/C23H33N4O8P/c1-15(17-7-9-18(10-8-17)35-36(32,33)34)13-21(29)26-19-5-3-4-12-27(23(19)31)14-22(30)25-16(2)6-11-20(24)28/h7-10,13,16,19H,3-6,11-12,14H2,1-2H3,(H2,24,28)(H,25,30)(H,26,29)(H2,32,33,34)/b15-13+/t16-,19+/m1/s1. The number of hydrogen-bond donors (Lipinski definition) is 5. The third kappa shape index (κ3) is 10.2. The van der Waals surface area contributed by atoms with Gasteiger partial charge in [-0.1, -0.05) is 12.1 Å². The molecule has 2 atom stereocenters. The number of phosphoric acid groups is 1. The number of primary amides is 1. The molecule has 0 unspecified atom stereocenters. The lowest BCUT2D eigenvalue weighted by molar-refractivity contribution is -0.138. The first kappa shape index (κ1) is 29.0. The fraction of sp³-hybridized carbons (Fsp3) is 0.478. The molecule has 1 aliphatic heterocycles. The molecule has 0 bridgehead atoms. The quantitative estimate of drug-likeness (QED) is 0.208. The number of carbonyl (C=O) groups excluding carboxylic acids is 4. The van der Waals surface area contributed by atoms with E-state index < -0.39 is 25.7 Å². The van der Waals surface area contributed by atoms with Crippen molar-refractivity contribution in [2.45, 2.75) is 58.0 Å². The SMILES string of the molecule is C/C(=C\C(=O)N[C@H]1CCCCN(CC(=O)N[C@H](C)CCC(N)=O)C1=O)c1ccc(OP(=O)(O)O)cc1. The van der Waals surface area contributed by atoms with E-state index in [9.17, 15) is 23.7 Å². The molecule has 1 heterocycles. The van der Waals surface area contributed by atoms with Crippen LogP contribution in [0.15, 0.2) is 30.3 Å². The molecule has 198 valence electrons. The summed E-state index contributed by atoms with van der Waals surface area (Å²) in [6.07, 6.45) is 3.72. The molecule has 1 saturated heterocycles. The summed E-state index contributed by atoms with van der Waals surface area (Å²) in [5.41, 5.74) is 6.32. The predicted octanol–water partition coefficient (Wildman–Crippen LogP) is 0.829. The van der Waals surface area contributed by atoms with E-state index in [1.165, 1.54) is 23.1 Å². The van der Waals surface area contributed by atoms with Gasteiger partial charge in [-0.15, -0.1) is 0 Å². The fourth-order valence-corrected chi connectivity index (χ4v) is 4.13. The van der Waals surface area contributed by atoms with Gasteiger partial charge in [-0.25, -0.2) is 4.57 Å². The highest BCUT2D eigenvalue weighted by molar-refractivity contribution is 7.46. The van der Waals surface area contributed by atoms with Gasteiger partial charge in [0.05, 0.1) is 6.54 Å². The van der Waals surface area contributed by atoms with Crippen LogP contribution in [0.2, 0.25) is 0 Å². The van der Waals surface area contributed by atoms with E-state index in [2.05, 4.69) is 15.2 Å². The highest BCUT2D eigenvalue weighted by Gasteiger charge is 2.29. The number of benzene rings is 1. The van der Waals surface area contributed by atoms with Crippen LogP contribution in [0.4, 0.5) is 0 Å². The van der Waals surface area contributed by atoms with Crippen LogP contribution in [0.3, 0.4) is 0 Å². The van der Waals surface area contributed by atoms with Crippen LogP contribution in [0.25, 0.3) is 5.57 Å². The second-order valence-electron chi connectivity index (χ2n) is 8.72. The number of phosphoric ester groups is 1. The monoisotopic (exact) mass is 524 g/mol. The third-order valence-corrected chi connectivity index (χ3v) is 5.99. The van der Waals surface area contributed by atoms with Gasteiger partial charge in [-0.2, -0.15) is 0 Å². The number of carbonyl (C=O) groups is 4. The highest BCUT2D eigenvalue weighted by Crippen LogP contribution is 2.37. The lowest BCUT2D eigenvalue weighted by Gasteiger charge is -2.25. The van der Waals surface area contributed by atoms with Crippen LogP contribution in [-0.2, 0) is 23.7 Å². The van der Waals surface area contributed by atoms with Crippen LogP contribution in [0, 0.1) is 0 Å². The molecule has 36 heavy (non-hydrogen) atoms. The maximum absolute atomic E-state index is 13.0. The van der Waals surface area contributed by atoms with Gasteiger partial charge in [-0.3, -0.25) is 29.0 Å². The summed E-state index contributed by atoms with van der Waals surface area (Å²) in [6.45, 7) is 3.68. The van der Waals surface area contributed by atoms with E-state index in [1.807, 2.05) is 0 Å². The van der Waals surface area contributed by atoms with Crippen molar-refractivity contribution in [1.29, 1.82) is 0 Å². The Labute approximate surface area is 209 Å². The van der Waals surface area contributed by atoms with Crippen LogP contribution >= 0.6 is 7.82 Å². The number of amides is 4. The van der Waals surface area contributed by atoms with Gasteiger partial charge in [0.1, 0.15) is 11.8 Å². The topological polar surface area (TPSA) is 188 Å². The average Bonchev–Trinajstić information content (AvgIpc) is 2.93. The second-order valence-corrected chi connectivity index (χ2v) is 9.89. The molecule has 12 nitrogen and oxygen atoms in total. The molecule has 4 amide bonds. The zero-order valence-corrected chi connectivity index (χ0v) is 21.2. The normalized spacial score (nSPS) is 17.7. The predicted molar refractivity (Wildman–Crippen MR) is 131 cm³/mol. The van der Waals surface area contributed by atoms with Crippen LogP contribution < -0.4 is 20.9 Å². The van der Waals surface area contributed by atoms with Crippen molar-refractivity contribution in [2.24, 2.45) is 5.73 Å². The van der Waals surface area contributed by atoms with E-state index in [0.29, 0.717) is 43.4 Å². The maximum Gasteiger partial charge on any atom is 0.524 e. The van der Waals surface area contributed by atoms with Gasteiger partial charge in [0.25, 0.3) is 0 Å². The van der Waals surface area contributed by atoms with Crippen molar-refractivity contribution in [2.75, 3.05) is 13.1 Å². The van der Waals surface area contributed by atoms with Crippen molar-refractivity contribution in [3.63, 3.8) is 0 Å². The lowest BCUT2D eigenvalue weighted by atomic mass is 10.1. The Balaban J connectivity index is 1.96. The molecule has 0 aromatic heterocycles. The number of rotatable bonds is 11. The largest absolute Gasteiger partial charge is 0.524 e. The highest BCUT2D eigenvalue weighted by atomic mass is 31.2. The van der Waals surface area contributed by atoms with Crippen molar-refractivity contribution in [3.05, 3.63) is 35.9 Å². The van der Waals surface area contributed by atoms with Crippen LogP contribution in [-0.4, -0.2) is 63.5 Å². The Morgan fingerprint density at radius 3 is 2.53 bits per heavy atom. The van der Waals surface area contributed by atoms with Gasteiger partial charge in [0, 0.05) is 25.1 Å². The lowest BCUT2D eigenvalue weighted by Crippen LogP contribution is -2.50. The van der Waals surface area contributed by atoms with Gasteiger partial charge in [0.15, 0.2) is 0 Å². The molecule has 13 heteroatoms. The molecular weight excluding hydrogens is 491 g/mol. The minimum Gasteiger partial charge on any atom is -0.404 e. The molecule has 6 N–H and O–H groups in total. The number of likely N-dealkylation sites (tertiary alicyclic amines) is 1. The average molecular weight is 525 g/mol. The second kappa shape index (κ2) is 13.2. The van der Waals surface area contributed by atoms with Crippen molar-refractivity contribution in [1.82, 2.24) is 15.5 Å². The van der Waals surface area contributed by atoms with E-state index in [-0.39, 0.29) is 36.6 Å². The Morgan fingerprint density at radius 1 is 1.25 bits per heavy atom. The van der Waals surface area contributed by atoms with Gasteiger partial charge >= 0.3 is 7.82 Å². The molecule has 0 aliphatic carbocycles. The number of nitrogens with zero attached hydrogens (tertiary/aromatic N) is 1. The molecule has 1 fully saturated rings. The summed E-state index contributed by atoms with van der Waals surface area (Å²) < 4.78 is 15.4. The summed E-state index contributed by atoms with van der Waals surface area (Å²) in [5, 5.41) is 5.46. The minimum atomic E-state index is -4.66. The Kier molecular flexibility index (Phi) is 10.6. The fourth-order valence-electron chi connectivity index (χ4n) is 3.73. The summed E-state index contributed by atoms with van der Waals surface area (Å²) in [7, 11) is -4.66. The van der Waals surface area contributed by atoms with E-state index in [4.69, 9.17) is 15.5 Å². The van der Waals surface area contributed by atoms with Gasteiger partial charge in [0.2, 0.25) is 23.6 Å². The van der Waals surface area contributed by atoms with Crippen molar-refractivity contribution < 1.29 is 38.1 Å². The summed E-state index contributed by atoms with van der Waals surface area (Å²) in [6, 6.07) is 4.79. The minimum absolute atomic E-state index is 0.0141. The molecule has 1 aromatic rings. The first-order valence-electron chi connectivity index (χ1n) is 11.5. The van der Waals surface area contributed by atoms with E-state index in [1.54, 1.807) is 26.0 Å².